The average Bonchev–Trinajstić information content (AvgIpc) is 2.95. The maximum Gasteiger partial charge on any atom is 0.234 e. The number of hydrogen-bond donors (Lipinski definition) is 8. The van der Waals surface area contributed by atoms with Crippen molar-refractivity contribution in [1.29, 1.82) is 0 Å². The average molecular weight is 631 g/mol. The van der Waals surface area contributed by atoms with Crippen LogP contribution in [-0.4, -0.2) is 58.7 Å². The molecule has 1 aromatic rings. The van der Waals surface area contributed by atoms with E-state index in [1.54, 1.807) is 0 Å². The first-order valence-electron chi connectivity index (χ1n) is 13.4. The lowest BCUT2D eigenvalue weighted by atomic mass is 9.64. The Kier molecular flexibility index (Phi) is 15.4. The molecule has 0 bridgehead atoms. The van der Waals surface area contributed by atoms with Gasteiger partial charge in [-0.25, -0.2) is 0 Å². The predicted molar refractivity (Wildman–Crippen MR) is 179 cm³/mol. The van der Waals surface area contributed by atoms with E-state index in [0.29, 0.717) is 23.7 Å². The second kappa shape index (κ2) is 16.8. The summed E-state index contributed by atoms with van der Waals surface area (Å²) < 4.78 is 0. The van der Waals surface area contributed by atoms with Gasteiger partial charge in [-0.2, -0.15) is 50.5 Å². The number of rotatable bonds is 8. The highest BCUT2D eigenvalue weighted by Gasteiger charge is 2.44. The zero-order valence-electron chi connectivity index (χ0n) is 24.7. The van der Waals surface area contributed by atoms with E-state index < -0.39 is 0 Å². The Labute approximate surface area is 261 Å². The van der Waals surface area contributed by atoms with Crippen LogP contribution in [0.25, 0.3) is 0 Å². The molecule has 8 nitrogen and oxygen atoms in total. The van der Waals surface area contributed by atoms with E-state index >= 15 is 0 Å². The van der Waals surface area contributed by atoms with Crippen LogP contribution < -0.4 is 21.3 Å². The minimum atomic E-state index is -0.148. The van der Waals surface area contributed by atoms with E-state index in [0.717, 1.165) is 33.6 Å². The summed E-state index contributed by atoms with van der Waals surface area (Å²) in [5.74, 6) is 1.52. The Morgan fingerprint density at radius 1 is 0.500 bits per heavy atom. The highest BCUT2D eigenvalue weighted by atomic mass is 32.1. The van der Waals surface area contributed by atoms with Crippen LogP contribution >= 0.6 is 50.5 Å². The van der Waals surface area contributed by atoms with Crippen LogP contribution in [-0.2, 0) is 19.2 Å². The van der Waals surface area contributed by atoms with Crippen molar-refractivity contribution in [2.45, 2.75) is 67.5 Å². The minimum Gasteiger partial charge on any atom is -0.352 e. The first-order valence-corrected chi connectivity index (χ1v) is 15.9. The Hall–Kier alpha value is -1.50. The van der Waals surface area contributed by atoms with Crippen LogP contribution in [0.1, 0.15) is 49.9 Å². The maximum atomic E-state index is 11.6. The second-order valence-electron chi connectivity index (χ2n) is 10.6. The Morgan fingerprint density at radius 3 is 0.925 bits per heavy atom. The van der Waals surface area contributed by atoms with Crippen molar-refractivity contribution in [3.05, 3.63) is 22.3 Å². The van der Waals surface area contributed by atoms with Gasteiger partial charge >= 0.3 is 0 Å². The van der Waals surface area contributed by atoms with Gasteiger partial charge in [0.15, 0.2) is 0 Å². The maximum absolute atomic E-state index is 11.6. The molecule has 0 radical (unpaired) electrons. The molecule has 2 rings (SSSR count). The lowest BCUT2D eigenvalue weighted by molar-refractivity contribution is -0.124. The van der Waals surface area contributed by atoms with Crippen LogP contribution in [0.5, 0.6) is 0 Å². The normalized spacial score (nSPS) is 23.8. The van der Waals surface area contributed by atoms with Gasteiger partial charge in [0.05, 0.1) is 23.0 Å². The summed E-state index contributed by atoms with van der Waals surface area (Å²) >= 11 is 16.0. The molecule has 0 spiro atoms. The lowest BCUT2D eigenvalue weighted by Gasteiger charge is -2.48. The fourth-order valence-electron chi connectivity index (χ4n) is 5.30. The van der Waals surface area contributed by atoms with Crippen molar-refractivity contribution in [3.63, 3.8) is 0 Å². The van der Waals surface area contributed by atoms with Crippen molar-refractivity contribution in [3.8, 4) is 0 Å². The summed E-state index contributed by atoms with van der Waals surface area (Å²) in [6, 6.07) is 0.257. The van der Waals surface area contributed by atoms with Crippen LogP contribution in [0.2, 0.25) is 0 Å². The van der Waals surface area contributed by atoms with Gasteiger partial charge in [0.25, 0.3) is 0 Å². The number of thiol groups is 4. The molecule has 40 heavy (non-hydrogen) atoms. The molecule has 12 heteroatoms. The van der Waals surface area contributed by atoms with Gasteiger partial charge < -0.3 is 21.3 Å². The van der Waals surface area contributed by atoms with Gasteiger partial charge in [-0.15, -0.1) is 0 Å². The van der Waals surface area contributed by atoms with Gasteiger partial charge in [-0.1, -0.05) is 27.7 Å². The van der Waals surface area contributed by atoms with E-state index in [2.05, 4.69) is 99.5 Å². The monoisotopic (exact) mass is 630 g/mol. The number of hydrogen-bond acceptors (Lipinski definition) is 8. The van der Waals surface area contributed by atoms with E-state index in [-0.39, 0.29) is 58.7 Å². The standard InChI is InChI=1S/C14H26N2O2S2.C14H20N2O2S2/c2*1-7-8(2)14(16-12(18)6-20)10(4)9(3)13(7)15-11(17)5-19/h7-10,13-14,19-20H,5-6H2,1-4H3,(H,15,17)(H,16,18);19-20H,5-6H2,1-4H3,(H,15,17)(H,16,18). The van der Waals surface area contributed by atoms with Gasteiger partial charge in [0, 0.05) is 23.5 Å². The highest BCUT2D eigenvalue weighted by Crippen LogP contribution is 2.38. The van der Waals surface area contributed by atoms with E-state index in [1.807, 2.05) is 27.7 Å². The summed E-state index contributed by atoms with van der Waals surface area (Å²) in [7, 11) is 0. The molecule has 0 saturated heterocycles. The van der Waals surface area contributed by atoms with Gasteiger partial charge in [-0.05, 0) is 73.6 Å². The molecule has 226 valence electrons. The molecule has 4 atom stereocenters. The molecule has 0 aromatic heterocycles. The summed E-state index contributed by atoms with van der Waals surface area (Å²) in [5.41, 5.74) is 5.36. The molecule has 4 unspecified atom stereocenters. The van der Waals surface area contributed by atoms with Crippen molar-refractivity contribution >= 4 is 85.5 Å². The molecule has 0 aliphatic heterocycles. The zero-order chi connectivity index (χ0) is 30.9. The smallest absolute Gasteiger partial charge is 0.234 e. The molecule has 4 amide bonds. The Balaban J connectivity index is 0.000000400. The van der Waals surface area contributed by atoms with E-state index in [9.17, 15) is 19.2 Å². The molecule has 0 heterocycles. The number of amides is 4. The summed E-state index contributed by atoms with van der Waals surface area (Å²) in [6.45, 7) is 16.2. The van der Waals surface area contributed by atoms with Crippen LogP contribution in [0.3, 0.4) is 0 Å². The topological polar surface area (TPSA) is 116 Å². The molecule has 1 aliphatic rings. The van der Waals surface area contributed by atoms with Crippen molar-refractivity contribution in [2.24, 2.45) is 23.7 Å². The fourth-order valence-corrected chi connectivity index (χ4v) is 5.64. The minimum absolute atomic E-state index is 0.0331. The SMILES string of the molecule is CC1C(C)C(NC(=O)CS)C(C)C(C)C1NC(=O)CS.Cc1c(C)c(NC(=O)CS)c(C)c(C)c1NC(=O)CS. The molecule has 4 N–H and O–H groups in total. The third kappa shape index (κ3) is 9.25. The molecule has 1 aliphatic carbocycles. The lowest BCUT2D eigenvalue weighted by Crippen LogP contribution is -2.60. The summed E-state index contributed by atoms with van der Waals surface area (Å²) in [5, 5.41) is 11.9. The van der Waals surface area contributed by atoms with Crippen molar-refractivity contribution in [1.82, 2.24) is 10.6 Å². The Morgan fingerprint density at radius 2 is 0.725 bits per heavy atom. The van der Waals surface area contributed by atoms with Crippen molar-refractivity contribution < 1.29 is 19.2 Å². The van der Waals surface area contributed by atoms with Gasteiger partial charge in [0.1, 0.15) is 0 Å². The van der Waals surface area contributed by atoms with Gasteiger partial charge in [0.2, 0.25) is 23.6 Å². The van der Waals surface area contributed by atoms with E-state index in [4.69, 9.17) is 0 Å². The number of nitrogens with one attached hydrogen (secondary N) is 4. The molecule has 1 aromatic carbocycles. The quantitative estimate of drug-likeness (QED) is 0.207. The third-order valence-corrected chi connectivity index (χ3v) is 9.46. The largest absolute Gasteiger partial charge is 0.352 e. The third-order valence-electron chi connectivity index (χ3n) is 8.31. The highest BCUT2D eigenvalue weighted by molar-refractivity contribution is 7.81. The van der Waals surface area contributed by atoms with Crippen LogP contribution in [0.15, 0.2) is 0 Å². The predicted octanol–water partition coefficient (Wildman–Crippen LogP) is 4.03. The second-order valence-corrected chi connectivity index (χ2v) is 11.9. The zero-order valence-corrected chi connectivity index (χ0v) is 28.3. The van der Waals surface area contributed by atoms with Crippen LogP contribution in [0, 0.1) is 51.4 Å². The van der Waals surface area contributed by atoms with Crippen molar-refractivity contribution in [2.75, 3.05) is 33.6 Å². The molecule has 1 fully saturated rings. The first-order chi connectivity index (χ1) is 18.7. The van der Waals surface area contributed by atoms with Crippen LogP contribution in [0.4, 0.5) is 11.4 Å². The van der Waals surface area contributed by atoms with E-state index in [1.165, 1.54) is 0 Å². The van der Waals surface area contributed by atoms with Gasteiger partial charge in [-0.3, -0.25) is 19.2 Å². The summed E-state index contributed by atoms with van der Waals surface area (Å²) in [6.07, 6.45) is 0. The number of anilines is 2. The first kappa shape index (κ1) is 36.5. The number of carbonyl (C=O) groups excluding carboxylic acids is 4. The number of benzene rings is 1. The molecule has 1 saturated carbocycles. The number of carbonyl (C=O) groups is 4. The summed E-state index contributed by atoms with van der Waals surface area (Å²) in [4.78, 5) is 46.3. The molecular weight excluding hydrogens is 585 g/mol. The fraction of sp³-hybridized carbons (Fsp3) is 0.643. The molecular formula is C28H46N4O4S4. The Bertz CT molecular complexity index is 957.